The molecule has 4 aromatic rings. The summed E-state index contributed by atoms with van der Waals surface area (Å²) in [6.45, 7) is 2.24. The molecule has 0 saturated heterocycles. The number of carbonyl (C=O) groups excluding carboxylic acids is 2. The molecule has 0 bridgehead atoms. The number of hydrogen-bond donors (Lipinski definition) is 2. The van der Waals surface area contributed by atoms with Crippen LogP contribution in [-0.4, -0.2) is 40.2 Å². The molecule has 0 unspecified atom stereocenters. The van der Waals surface area contributed by atoms with E-state index in [9.17, 15) is 22.8 Å². The molecule has 8 nitrogen and oxygen atoms in total. The van der Waals surface area contributed by atoms with Crippen LogP contribution in [0.3, 0.4) is 0 Å². The van der Waals surface area contributed by atoms with Crippen molar-refractivity contribution in [3.05, 3.63) is 100 Å². The Hall–Kier alpha value is -4.67. The number of halogens is 3. The summed E-state index contributed by atoms with van der Waals surface area (Å²) in [6.07, 6.45) is 5.14. The third-order valence-corrected chi connectivity index (χ3v) is 7.41. The SMILES string of the molecule is CCOc1nn(CC(=O)N[C@@H](Cc2cc(F)cc(F)c2)c2ncccc2-c2ccc(F)c(C(=O)NC)c2)c2c1CCCC2. The number of aromatic nitrogens is 3. The molecule has 0 fully saturated rings. The predicted molar refractivity (Wildman–Crippen MR) is 154 cm³/mol. The van der Waals surface area contributed by atoms with Crippen LogP contribution >= 0.6 is 0 Å². The molecule has 0 aliphatic heterocycles. The summed E-state index contributed by atoms with van der Waals surface area (Å²) in [4.78, 5) is 30.4. The number of rotatable bonds is 10. The molecule has 0 saturated carbocycles. The molecule has 11 heteroatoms. The van der Waals surface area contributed by atoms with Crippen LogP contribution in [0.2, 0.25) is 0 Å². The number of nitrogens with one attached hydrogen (secondary N) is 2. The first-order valence-electron chi connectivity index (χ1n) is 14.2. The Morgan fingerprint density at radius 2 is 1.81 bits per heavy atom. The number of ether oxygens (including phenoxy) is 1. The second kappa shape index (κ2) is 13.1. The summed E-state index contributed by atoms with van der Waals surface area (Å²) >= 11 is 0. The van der Waals surface area contributed by atoms with Crippen LogP contribution in [-0.2, 0) is 30.6 Å². The van der Waals surface area contributed by atoms with E-state index in [1.54, 1.807) is 16.8 Å². The van der Waals surface area contributed by atoms with E-state index in [4.69, 9.17) is 4.74 Å². The molecule has 2 aromatic carbocycles. The average molecular weight is 592 g/mol. The van der Waals surface area contributed by atoms with Gasteiger partial charge in [-0.2, -0.15) is 0 Å². The molecule has 1 atom stereocenters. The van der Waals surface area contributed by atoms with Crippen LogP contribution in [0.25, 0.3) is 11.1 Å². The maximum atomic E-state index is 14.5. The maximum Gasteiger partial charge on any atom is 0.254 e. The quantitative estimate of drug-likeness (QED) is 0.268. The molecule has 1 aliphatic rings. The highest BCUT2D eigenvalue weighted by Gasteiger charge is 2.26. The average Bonchev–Trinajstić information content (AvgIpc) is 3.33. The fourth-order valence-corrected chi connectivity index (χ4v) is 5.52. The molecule has 0 spiro atoms. The van der Waals surface area contributed by atoms with Crippen LogP contribution in [0.4, 0.5) is 13.2 Å². The number of fused-ring (bicyclic) bond motifs is 1. The van der Waals surface area contributed by atoms with Gasteiger partial charge in [-0.25, -0.2) is 13.2 Å². The Labute approximate surface area is 247 Å². The van der Waals surface area contributed by atoms with E-state index < -0.39 is 29.4 Å². The number of hydrogen-bond acceptors (Lipinski definition) is 5. The van der Waals surface area contributed by atoms with Crippen LogP contribution in [0.15, 0.2) is 54.7 Å². The van der Waals surface area contributed by atoms with Gasteiger partial charge in [0.15, 0.2) is 0 Å². The van der Waals surface area contributed by atoms with Gasteiger partial charge in [-0.3, -0.25) is 19.3 Å². The maximum absolute atomic E-state index is 14.5. The Morgan fingerprint density at radius 1 is 1.05 bits per heavy atom. The summed E-state index contributed by atoms with van der Waals surface area (Å²) in [7, 11) is 1.40. The summed E-state index contributed by atoms with van der Waals surface area (Å²) in [6, 6.07) is 9.84. The standard InChI is InChI=1S/C32H32F3N5O3/c1-3-43-32-24-7-4-5-9-28(24)40(39-32)18-29(41)38-27(15-19-13-21(33)17-22(34)14-19)30-23(8-6-12-37-30)20-10-11-26(35)25(16-20)31(42)36-2/h6,8,10-14,16-17,27H,3-5,7,9,15,18H2,1-2H3,(H,36,42)(H,38,41)/t27-/m0/s1. The van der Waals surface area contributed by atoms with Crippen molar-refractivity contribution in [2.45, 2.75) is 51.6 Å². The Morgan fingerprint density at radius 3 is 2.56 bits per heavy atom. The number of benzene rings is 2. The van der Waals surface area contributed by atoms with E-state index in [0.717, 1.165) is 43.0 Å². The van der Waals surface area contributed by atoms with Gasteiger partial charge in [-0.15, -0.1) is 5.10 Å². The molecule has 2 amide bonds. The lowest BCUT2D eigenvalue weighted by Crippen LogP contribution is -2.34. The van der Waals surface area contributed by atoms with Gasteiger partial charge in [0, 0.05) is 36.1 Å². The van der Waals surface area contributed by atoms with Crippen molar-refractivity contribution in [2.75, 3.05) is 13.7 Å². The first-order valence-corrected chi connectivity index (χ1v) is 14.2. The Kier molecular flexibility index (Phi) is 9.08. The second-order valence-electron chi connectivity index (χ2n) is 10.3. The highest BCUT2D eigenvalue weighted by atomic mass is 19.1. The minimum absolute atomic E-state index is 0.00927. The van der Waals surface area contributed by atoms with Crippen molar-refractivity contribution < 1.29 is 27.5 Å². The summed E-state index contributed by atoms with van der Waals surface area (Å²) in [5.41, 5.74) is 3.51. The van der Waals surface area contributed by atoms with Crippen LogP contribution in [0, 0.1) is 17.5 Å². The van der Waals surface area contributed by atoms with Gasteiger partial charge in [-0.05, 0) is 80.5 Å². The molecule has 43 heavy (non-hydrogen) atoms. The number of pyridine rings is 1. The van der Waals surface area contributed by atoms with Crippen molar-refractivity contribution in [3.8, 4) is 17.0 Å². The van der Waals surface area contributed by atoms with Crippen molar-refractivity contribution in [2.24, 2.45) is 0 Å². The largest absolute Gasteiger partial charge is 0.477 e. The lowest BCUT2D eigenvalue weighted by atomic mass is 9.94. The lowest BCUT2D eigenvalue weighted by molar-refractivity contribution is -0.122. The van der Waals surface area contributed by atoms with Crippen LogP contribution < -0.4 is 15.4 Å². The number of amides is 2. The number of carbonyl (C=O) groups is 2. The van der Waals surface area contributed by atoms with Crippen molar-refractivity contribution >= 4 is 11.8 Å². The zero-order valence-electron chi connectivity index (χ0n) is 23.9. The molecule has 2 N–H and O–H groups in total. The molecule has 2 aromatic heterocycles. The van der Waals surface area contributed by atoms with E-state index in [1.165, 1.54) is 43.6 Å². The van der Waals surface area contributed by atoms with E-state index in [0.29, 0.717) is 34.9 Å². The molecule has 0 radical (unpaired) electrons. The van der Waals surface area contributed by atoms with Crippen molar-refractivity contribution in [3.63, 3.8) is 0 Å². The topological polar surface area (TPSA) is 98.1 Å². The summed E-state index contributed by atoms with van der Waals surface area (Å²) in [5.74, 6) is -2.64. The summed E-state index contributed by atoms with van der Waals surface area (Å²) < 4.78 is 50.2. The molecular formula is C32H32F3N5O3. The van der Waals surface area contributed by atoms with E-state index in [2.05, 4.69) is 20.7 Å². The molecule has 5 rings (SSSR count). The third kappa shape index (κ3) is 6.71. The monoisotopic (exact) mass is 591 g/mol. The normalized spacial score (nSPS) is 13.2. The highest BCUT2D eigenvalue weighted by molar-refractivity contribution is 5.95. The number of nitrogens with zero attached hydrogens (tertiary/aromatic N) is 3. The molecule has 224 valence electrons. The lowest BCUT2D eigenvalue weighted by Gasteiger charge is -2.22. The third-order valence-electron chi connectivity index (χ3n) is 7.41. The van der Waals surface area contributed by atoms with Gasteiger partial charge in [0.2, 0.25) is 11.8 Å². The zero-order chi connectivity index (χ0) is 30.5. The van der Waals surface area contributed by atoms with Crippen LogP contribution in [0.1, 0.15) is 58.7 Å². The Balaban J connectivity index is 1.51. The van der Waals surface area contributed by atoms with Gasteiger partial charge >= 0.3 is 0 Å². The van der Waals surface area contributed by atoms with Gasteiger partial charge in [-0.1, -0.05) is 12.1 Å². The van der Waals surface area contributed by atoms with Gasteiger partial charge < -0.3 is 15.4 Å². The molecular weight excluding hydrogens is 559 g/mol. The second-order valence-corrected chi connectivity index (χ2v) is 10.3. The van der Waals surface area contributed by atoms with Crippen molar-refractivity contribution in [1.82, 2.24) is 25.4 Å². The van der Waals surface area contributed by atoms with Gasteiger partial charge in [0.1, 0.15) is 24.0 Å². The highest BCUT2D eigenvalue weighted by Crippen LogP contribution is 2.32. The fourth-order valence-electron chi connectivity index (χ4n) is 5.52. The van der Waals surface area contributed by atoms with E-state index >= 15 is 0 Å². The van der Waals surface area contributed by atoms with E-state index in [-0.39, 0.29) is 24.4 Å². The van der Waals surface area contributed by atoms with E-state index in [1.807, 2.05) is 6.92 Å². The first-order chi connectivity index (χ1) is 20.8. The van der Waals surface area contributed by atoms with Crippen molar-refractivity contribution in [1.29, 1.82) is 0 Å². The van der Waals surface area contributed by atoms with Crippen LogP contribution in [0.5, 0.6) is 5.88 Å². The zero-order valence-corrected chi connectivity index (χ0v) is 23.9. The van der Waals surface area contributed by atoms with Gasteiger partial charge in [0.25, 0.3) is 5.91 Å². The van der Waals surface area contributed by atoms with Gasteiger partial charge in [0.05, 0.1) is 23.9 Å². The smallest absolute Gasteiger partial charge is 0.254 e. The minimum atomic E-state index is -0.837. The first kappa shape index (κ1) is 29.8. The Bertz CT molecular complexity index is 1640. The summed E-state index contributed by atoms with van der Waals surface area (Å²) in [5, 5.41) is 9.97. The minimum Gasteiger partial charge on any atom is -0.477 e. The molecule has 1 aliphatic carbocycles. The molecule has 2 heterocycles. The predicted octanol–water partition coefficient (Wildman–Crippen LogP) is 5.10. The fraction of sp³-hybridized carbons (Fsp3) is 0.312.